The maximum Gasteiger partial charge on any atom is 0.243 e. The van der Waals surface area contributed by atoms with Crippen molar-refractivity contribution in [3.63, 3.8) is 0 Å². The molecule has 1 saturated heterocycles. The highest BCUT2D eigenvalue weighted by molar-refractivity contribution is 5.88. The minimum absolute atomic E-state index is 0.287. The molecular formula is C24H31N3O. The van der Waals surface area contributed by atoms with Gasteiger partial charge < -0.3 is 10.6 Å². The Hall–Kier alpha value is -2.17. The summed E-state index contributed by atoms with van der Waals surface area (Å²) in [5, 5.41) is 0. The van der Waals surface area contributed by atoms with Crippen LogP contribution < -0.4 is 5.73 Å². The molecule has 2 aromatic carbocycles. The van der Waals surface area contributed by atoms with E-state index in [0.29, 0.717) is 12.5 Å². The van der Waals surface area contributed by atoms with Crippen LogP contribution >= 0.6 is 0 Å². The zero-order valence-electron chi connectivity index (χ0n) is 16.8. The average molecular weight is 378 g/mol. The van der Waals surface area contributed by atoms with Crippen LogP contribution in [-0.2, 0) is 24.1 Å². The van der Waals surface area contributed by atoms with Crippen LogP contribution in [0.4, 0.5) is 0 Å². The molecule has 1 amide bonds. The third kappa shape index (κ3) is 3.59. The zero-order valence-corrected chi connectivity index (χ0v) is 16.8. The van der Waals surface area contributed by atoms with Crippen molar-refractivity contribution in [1.82, 2.24) is 9.80 Å². The van der Waals surface area contributed by atoms with Crippen molar-refractivity contribution >= 4 is 5.91 Å². The topological polar surface area (TPSA) is 49.6 Å². The summed E-state index contributed by atoms with van der Waals surface area (Å²) in [4.78, 5) is 18.2. The summed E-state index contributed by atoms with van der Waals surface area (Å²) < 4.78 is 0. The molecule has 1 atom stereocenters. The van der Waals surface area contributed by atoms with Crippen LogP contribution in [-0.4, -0.2) is 54.5 Å². The second kappa shape index (κ2) is 8.06. The Kier molecular flexibility index (Phi) is 5.51. The zero-order chi connectivity index (χ0) is 19.6. The summed E-state index contributed by atoms with van der Waals surface area (Å²) in [6.07, 6.45) is 3.58. The lowest BCUT2D eigenvalue weighted by Gasteiger charge is -2.40. The maximum absolute atomic E-state index is 13.8. The van der Waals surface area contributed by atoms with Crippen LogP contribution in [0.3, 0.4) is 0 Å². The Labute approximate surface area is 168 Å². The Bertz CT molecular complexity index is 795. The van der Waals surface area contributed by atoms with Gasteiger partial charge in [0.2, 0.25) is 5.91 Å². The van der Waals surface area contributed by atoms with Crippen LogP contribution in [0.15, 0.2) is 54.6 Å². The second-order valence-electron chi connectivity index (χ2n) is 8.45. The molecule has 28 heavy (non-hydrogen) atoms. The van der Waals surface area contributed by atoms with Crippen LogP contribution in [0.2, 0.25) is 0 Å². The first-order valence-corrected chi connectivity index (χ1v) is 10.4. The minimum Gasteiger partial charge on any atom is -0.341 e. The molecule has 1 aliphatic carbocycles. The highest BCUT2D eigenvalue weighted by atomic mass is 16.2. The van der Waals surface area contributed by atoms with Gasteiger partial charge in [-0.2, -0.15) is 0 Å². The van der Waals surface area contributed by atoms with Crippen molar-refractivity contribution in [1.29, 1.82) is 0 Å². The standard InChI is InChI=1S/C24H31N3O/c1-26(13-11-19-7-3-2-4-8-19)24(15-21-9-5-6-10-22(21)16-24)23(28)27-14-12-20(17-25)18-27/h2-10,20H,11-18,25H2,1H3/t20-/m0/s1. The third-order valence-electron chi connectivity index (χ3n) is 6.70. The molecule has 4 nitrogen and oxygen atoms in total. The molecule has 0 bridgehead atoms. The fourth-order valence-corrected chi connectivity index (χ4v) is 4.84. The maximum atomic E-state index is 13.8. The van der Waals surface area contributed by atoms with Gasteiger partial charge in [0.1, 0.15) is 5.54 Å². The van der Waals surface area contributed by atoms with Gasteiger partial charge in [-0.25, -0.2) is 0 Å². The number of fused-ring (bicyclic) bond motifs is 1. The van der Waals surface area contributed by atoms with Crippen LogP contribution in [0.1, 0.15) is 23.1 Å². The molecule has 148 valence electrons. The Morgan fingerprint density at radius 1 is 1.11 bits per heavy atom. The summed E-state index contributed by atoms with van der Waals surface area (Å²) in [5.74, 6) is 0.731. The monoisotopic (exact) mass is 377 g/mol. The lowest BCUT2D eigenvalue weighted by Crippen LogP contribution is -2.59. The van der Waals surface area contributed by atoms with E-state index in [-0.39, 0.29) is 5.91 Å². The number of rotatable bonds is 6. The third-order valence-corrected chi connectivity index (χ3v) is 6.70. The second-order valence-corrected chi connectivity index (χ2v) is 8.45. The van der Waals surface area contributed by atoms with Gasteiger partial charge in [0, 0.05) is 32.5 Å². The molecule has 1 aliphatic heterocycles. The van der Waals surface area contributed by atoms with E-state index in [0.717, 1.165) is 45.3 Å². The quantitative estimate of drug-likeness (QED) is 0.842. The summed E-state index contributed by atoms with van der Waals surface area (Å²) in [5.41, 5.74) is 9.35. The molecule has 0 radical (unpaired) electrons. The predicted molar refractivity (Wildman–Crippen MR) is 113 cm³/mol. The fourth-order valence-electron chi connectivity index (χ4n) is 4.84. The molecule has 4 heteroatoms. The van der Waals surface area contributed by atoms with Gasteiger partial charge in [0.15, 0.2) is 0 Å². The lowest BCUT2D eigenvalue weighted by molar-refractivity contribution is -0.142. The molecular weight excluding hydrogens is 346 g/mol. The number of carbonyl (C=O) groups excluding carboxylic acids is 1. The van der Waals surface area contributed by atoms with E-state index in [1.54, 1.807) is 0 Å². The molecule has 0 unspecified atom stereocenters. The summed E-state index contributed by atoms with van der Waals surface area (Å²) >= 11 is 0. The number of nitrogens with two attached hydrogens (primary N) is 1. The molecule has 2 aliphatic rings. The summed E-state index contributed by atoms with van der Waals surface area (Å²) in [6.45, 7) is 3.18. The number of hydrogen-bond donors (Lipinski definition) is 1. The van der Waals surface area contributed by atoms with Crippen LogP contribution in [0, 0.1) is 5.92 Å². The van der Waals surface area contributed by atoms with Crippen molar-refractivity contribution in [3.05, 3.63) is 71.3 Å². The lowest BCUT2D eigenvalue weighted by atomic mass is 9.91. The van der Waals surface area contributed by atoms with Gasteiger partial charge in [-0.3, -0.25) is 9.69 Å². The molecule has 1 fully saturated rings. The summed E-state index contributed by atoms with van der Waals surface area (Å²) in [7, 11) is 2.13. The van der Waals surface area contributed by atoms with Crippen molar-refractivity contribution in [2.24, 2.45) is 11.7 Å². The van der Waals surface area contributed by atoms with Gasteiger partial charge in [0.25, 0.3) is 0 Å². The van der Waals surface area contributed by atoms with Gasteiger partial charge in [0.05, 0.1) is 0 Å². The predicted octanol–water partition coefficient (Wildman–Crippen LogP) is 2.51. The minimum atomic E-state index is -0.470. The first-order chi connectivity index (χ1) is 13.6. The van der Waals surface area contributed by atoms with Crippen LogP contribution in [0.5, 0.6) is 0 Å². The van der Waals surface area contributed by atoms with E-state index in [9.17, 15) is 4.79 Å². The fraction of sp³-hybridized carbons (Fsp3) is 0.458. The Morgan fingerprint density at radius 3 is 2.36 bits per heavy atom. The highest BCUT2D eigenvalue weighted by Gasteiger charge is 2.49. The Morgan fingerprint density at radius 2 is 1.75 bits per heavy atom. The van der Waals surface area contributed by atoms with E-state index < -0.39 is 5.54 Å². The highest BCUT2D eigenvalue weighted by Crippen LogP contribution is 2.37. The molecule has 4 rings (SSSR count). The molecule has 1 heterocycles. The van der Waals surface area contributed by atoms with Crippen molar-refractivity contribution in [2.75, 3.05) is 33.2 Å². The number of carbonyl (C=O) groups is 1. The van der Waals surface area contributed by atoms with E-state index in [1.165, 1.54) is 16.7 Å². The molecule has 2 N–H and O–H groups in total. The largest absolute Gasteiger partial charge is 0.341 e. The van der Waals surface area contributed by atoms with Gasteiger partial charge in [-0.05, 0) is 49.0 Å². The number of benzene rings is 2. The summed E-state index contributed by atoms with van der Waals surface area (Å²) in [6, 6.07) is 19.1. The van der Waals surface area contributed by atoms with E-state index >= 15 is 0 Å². The molecule has 0 aromatic heterocycles. The van der Waals surface area contributed by atoms with Crippen molar-refractivity contribution in [2.45, 2.75) is 31.2 Å². The molecule has 0 spiro atoms. The van der Waals surface area contributed by atoms with E-state index in [4.69, 9.17) is 5.73 Å². The van der Waals surface area contributed by atoms with E-state index in [1.807, 2.05) is 6.07 Å². The van der Waals surface area contributed by atoms with Crippen molar-refractivity contribution in [3.8, 4) is 0 Å². The molecule has 0 saturated carbocycles. The Balaban J connectivity index is 1.56. The van der Waals surface area contributed by atoms with Crippen LogP contribution in [0.25, 0.3) is 0 Å². The van der Waals surface area contributed by atoms with Gasteiger partial charge in [-0.1, -0.05) is 54.6 Å². The van der Waals surface area contributed by atoms with Gasteiger partial charge in [-0.15, -0.1) is 0 Å². The van der Waals surface area contributed by atoms with E-state index in [2.05, 4.69) is 65.4 Å². The SMILES string of the molecule is CN(CCc1ccccc1)C1(C(=O)N2CC[C@@H](CN)C2)Cc2ccccc2C1. The van der Waals surface area contributed by atoms with Crippen molar-refractivity contribution < 1.29 is 4.79 Å². The number of nitrogens with zero attached hydrogens (tertiary/aromatic N) is 2. The number of likely N-dealkylation sites (tertiary alicyclic amines) is 1. The van der Waals surface area contributed by atoms with Gasteiger partial charge >= 0.3 is 0 Å². The smallest absolute Gasteiger partial charge is 0.243 e. The average Bonchev–Trinajstić information content (AvgIpc) is 3.37. The normalized spacial score (nSPS) is 20.5. The molecule has 2 aromatic rings. The number of likely N-dealkylation sites (N-methyl/N-ethyl adjacent to an activating group) is 1. The number of amides is 1. The first-order valence-electron chi connectivity index (χ1n) is 10.4. The first kappa shape index (κ1) is 19.2. The number of hydrogen-bond acceptors (Lipinski definition) is 3.